The van der Waals surface area contributed by atoms with Gasteiger partial charge in [0.1, 0.15) is 23.0 Å². The lowest BCUT2D eigenvalue weighted by molar-refractivity contribution is -0.128. The number of carbonyl (C=O) groups excluding carboxylic acids is 2. The summed E-state index contributed by atoms with van der Waals surface area (Å²) < 4.78 is 15.6. The number of pyridine rings is 1. The Morgan fingerprint density at radius 3 is 2.36 bits per heavy atom. The second kappa shape index (κ2) is 12.7. The van der Waals surface area contributed by atoms with Crippen molar-refractivity contribution in [3.8, 4) is 0 Å². The van der Waals surface area contributed by atoms with E-state index in [1.807, 2.05) is 44.5 Å². The highest BCUT2D eigenvalue weighted by molar-refractivity contribution is 6.36. The van der Waals surface area contributed by atoms with E-state index in [0.717, 1.165) is 49.9 Å². The molecule has 248 valence electrons. The quantitative estimate of drug-likeness (QED) is 0.204. The molecule has 0 radical (unpaired) electrons. The molecular weight excluding hydrogens is 638 g/mol. The number of halogens is 3. The molecule has 0 bridgehead atoms. The van der Waals surface area contributed by atoms with Gasteiger partial charge in [0, 0.05) is 43.5 Å². The highest BCUT2D eigenvalue weighted by Crippen LogP contribution is 2.46. The van der Waals surface area contributed by atoms with Crippen LogP contribution in [0.25, 0.3) is 11.2 Å². The van der Waals surface area contributed by atoms with Gasteiger partial charge in [-0.2, -0.15) is 0 Å². The minimum Gasteiger partial charge on any atom is -0.356 e. The first-order valence-electron chi connectivity index (χ1n) is 16.2. The fourth-order valence-corrected chi connectivity index (χ4v) is 6.71. The van der Waals surface area contributed by atoms with E-state index in [0.29, 0.717) is 56.3 Å². The number of imidazole rings is 1. The molecule has 3 heterocycles. The van der Waals surface area contributed by atoms with Gasteiger partial charge in [0.2, 0.25) is 5.91 Å². The van der Waals surface area contributed by atoms with Crippen LogP contribution in [0.5, 0.6) is 0 Å². The summed E-state index contributed by atoms with van der Waals surface area (Å²) in [5, 5.41) is 7.19. The Balaban J connectivity index is 1.34. The number of fused-ring (bicyclic) bond motifs is 1. The van der Waals surface area contributed by atoms with Crippen molar-refractivity contribution < 1.29 is 14.0 Å². The van der Waals surface area contributed by atoms with Crippen molar-refractivity contribution in [2.75, 3.05) is 18.0 Å². The number of nitrogens with zero attached hydrogens (tertiary/aromatic N) is 4. The van der Waals surface area contributed by atoms with Crippen LogP contribution in [0.15, 0.2) is 42.5 Å². The number of benzene rings is 2. The zero-order valence-corrected chi connectivity index (χ0v) is 29.0. The molecule has 2 aromatic carbocycles. The third-order valence-electron chi connectivity index (χ3n) is 9.47. The predicted molar refractivity (Wildman–Crippen MR) is 184 cm³/mol. The summed E-state index contributed by atoms with van der Waals surface area (Å²) in [5.74, 6) is 1.33. The monoisotopic (exact) mass is 678 g/mol. The molecule has 0 spiro atoms. The Morgan fingerprint density at radius 2 is 1.72 bits per heavy atom. The number of hydrogen-bond acceptors (Lipinski definition) is 5. The van der Waals surface area contributed by atoms with Gasteiger partial charge in [0.05, 0.1) is 16.1 Å². The van der Waals surface area contributed by atoms with E-state index in [2.05, 4.69) is 22.5 Å². The Hall–Kier alpha value is -3.69. The number of amides is 2. The maximum Gasteiger partial charge on any atom is 0.255 e. The Bertz CT molecular complexity index is 1840. The SMILES string of the molecule is CC1CCN(c2nc3c(cc2C(=O)NC2(c4ccc(F)cc4)CC2)nc(Cc2c(Cl)ccc(CNC(=O)C(C)(C)C)c2Cl)n3C)CC1. The summed E-state index contributed by atoms with van der Waals surface area (Å²) in [7, 11) is 1.91. The average molecular weight is 680 g/mol. The minimum absolute atomic E-state index is 0.0735. The molecule has 8 nitrogen and oxygen atoms in total. The molecule has 1 aliphatic carbocycles. The molecule has 47 heavy (non-hydrogen) atoms. The van der Waals surface area contributed by atoms with Crippen molar-refractivity contribution in [1.29, 1.82) is 0 Å². The molecular formula is C36H41Cl2FN6O2. The number of nitrogens with one attached hydrogen (secondary N) is 2. The summed E-state index contributed by atoms with van der Waals surface area (Å²) in [6.07, 6.45) is 3.92. The summed E-state index contributed by atoms with van der Waals surface area (Å²) in [5.41, 5.74) is 3.03. The standard InChI is InChI=1S/C36H41Cl2FN6O2/c1-21-12-16-45(17-13-21)31-26(33(46)43-36(14-15-36)23-7-9-24(39)10-8-23)18-28-32(42-31)44(5)29(41-28)19-25-27(37)11-6-22(30(25)38)20-40-34(47)35(2,3)4/h6-11,18,21H,12-17,19-20H2,1-5H3,(H,40,47)(H,43,46). The highest BCUT2D eigenvalue weighted by atomic mass is 35.5. The molecule has 1 aliphatic heterocycles. The Kier molecular flexibility index (Phi) is 9.00. The molecule has 4 aromatic rings. The second-order valence-corrected chi connectivity index (χ2v) is 14.9. The Morgan fingerprint density at radius 1 is 1.04 bits per heavy atom. The molecule has 0 atom stereocenters. The van der Waals surface area contributed by atoms with Crippen LogP contribution in [0, 0.1) is 17.2 Å². The predicted octanol–water partition coefficient (Wildman–Crippen LogP) is 7.32. The molecule has 0 unspecified atom stereocenters. The average Bonchev–Trinajstić information content (AvgIpc) is 3.75. The molecule has 2 fully saturated rings. The maximum atomic E-state index is 14.0. The highest BCUT2D eigenvalue weighted by Gasteiger charge is 2.46. The van der Waals surface area contributed by atoms with Crippen LogP contribution >= 0.6 is 23.2 Å². The lowest BCUT2D eigenvalue weighted by atomic mass is 9.95. The van der Waals surface area contributed by atoms with Crippen molar-refractivity contribution in [2.45, 2.75) is 71.9 Å². The fraction of sp³-hybridized carbons (Fsp3) is 0.444. The topological polar surface area (TPSA) is 92.2 Å². The molecule has 2 amide bonds. The van der Waals surface area contributed by atoms with Gasteiger partial charge in [-0.05, 0) is 72.6 Å². The van der Waals surface area contributed by atoms with Gasteiger partial charge in [-0.3, -0.25) is 9.59 Å². The lowest BCUT2D eigenvalue weighted by Crippen LogP contribution is -2.38. The zero-order chi connectivity index (χ0) is 33.7. The number of hydrogen-bond donors (Lipinski definition) is 2. The third kappa shape index (κ3) is 6.83. The zero-order valence-electron chi connectivity index (χ0n) is 27.5. The van der Waals surface area contributed by atoms with E-state index in [9.17, 15) is 14.0 Å². The van der Waals surface area contributed by atoms with Crippen molar-refractivity contribution in [2.24, 2.45) is 18.4 Å². The van der Waals surface area contributed by atoms with Gasteiger partial charge in [0.15, 0.2) is 5.65 Å². The molecule has 1 saturated carbocycles. The number of aryl methyl sites for hydroxylation is 1. The van der Waals surface area contributed by atoms with E-state index in [1.165, 1.54) is 12.1 Å². The van der Waals surface area contributed by atoms with Gasteiger partial charge in [0.25, 0.3) is 5.91 Å². The maximum absolute atomic E-state index is 14.0. The molecule has 6 rings (SSSR count). The summed E-state index contributed by atoms with van der Waals surface area (Å²) in [6, 6.07) is 11.8. The first-order chi connectivity index (χ1) is 22.3. The molecule has 1 saturated heterocycles. The summed E-state index contributed by atoms with van der Waals surface area (Å²) in [4.78, 5) is 38.7. The molecule has 2 aliphatic rings. The number of aromatic nitrogens is 3. The van der Waals surface area contributed by atoms with Crippen molar-refractivity contribution in [3.05, 3.63) is 86.4 Å². The summed E-state index contributed by atoms with van der Waals surface area (Å²) in [6.45, 7) is 9.71. The van der Waals surface area contributed by atoms with E-state index in [-0.39, 0.29) is 24.2 Å². The van der Waals surface area contributed by atoms with Gasteiger partial charge in [-0.25, -0.2) is 14.4 Å². The van der Waals surface area contributed by atoms with E-state index < -0.39 is 11.0 Å². The van der Waals surface area contributed by atoms with E-state index in [1.54, 1.807) is 18.2 Å². The number of rotatable bonds is 8. The smallest absolute Gasteiger partial charge is 0.255 e. The lowest BCUT2D eigenvalue weighted by Gasteiger charge is -2.32. The number of carbonyl (C=O) groups is 2. The first kappa shape index (κ1) is 33.2. The van der Waals surface area contributed by atoms with Crippen LogP contribution in [-0.4, -0.2) is 39.4 Å². The normalized spacial score (nSPS) is 16.4. The van der Waals surface area contributed by atoms with Crippen molar-refractivity contribution in [1.82, 2.24) is 25.2 Å². The first-order valence-corrected chi connectivity index (χ1v) is 17.0. The van der Waals surface area contributed by atoms with Crippen molar-refractivity contribution >= 4 is 52.0 Å². The Labute approximate surface area is 285 Å². The van der Waals surface area contributed by atoms with Gasteiger partial charge in [-0.15, -0.1) is 0 Å². The van der Waals surface area contributed by atoms with Crippen LogP contribution in [-0.2, 0) is 30.3 Å². The number of anilines is 1. The van der Waals surface area contributed by atoms with Crippen LogP contribution in [0.4, 0.5) is 10.2 Å². The molecule has 2 aromatic heterocycles. The van der Waals surface area contributed by atoms with E-state index >= 15 is 0 Å². The largest absolute Gasteiger partial charge is 0.356 e. The van der Waals surface area contributed by atoms with Crippen LogP contribution in [0.2, 0.25) is 10.0 Å². The van der Waals surface area contributed by atoms with Crippen molar-refractivity contribution in [3.63, 3.8) is 0 Å². The fourth-order valence-electron chi connectivity index (χ4n) is 6.14. The van der Waals surface area contributed by atoms with E-state index in [4.69, 9.17) is 33.2 Å². The van der Waals surface area contributed by atoms with Gasteiger partial charge >= 0.3 is 0 Å². The minimum atomic E-state index is -0.525. The summed E-state index contributed by atoms with van der Waals surface area (Å²) >= 11 is 13.5. The third-order valence-corrected chi connectivity index (χ3v) is 10.3. The van der Waals surface area contributed by atoms with Crippen LogP contribution in [0.1, 0.15) is 86.3 Å². The number of piperidine rings is 1. The van der Waals surface area contributed by atoms with Gasteiger partial charge in [-0.1, -0.05) is 69.1 Å². The van der Waals surface area contributed by atoms with Crippen LogP contribution < -0.4 is 15.5 Å². The van der Waals surface area contributed by atoms with Gasteiger partial charge < -0.3 is 20.1 Å². The van der Waals surface area contributed by atoms with Crippen LogP contribution in [0.3, 0.4) is 0 Å². The molecule has 2 N–H and O–H groups in total. The molecule has 11 heteroatoms. The second-order valence-electron chi connectivity index (χ2n) is 14.1.